The van der Waals surface area contributed by atoms with Gasteiger partial charge in [-0.25, -0.2) is 0 Å². The summed E-state index contributed by atoms with van der Waals surface area (Å²) in [6.45, 7) is 0. The molecule has 3 aliphatic carbocycles. The molecular weight excluding hydrogens is 293 g/mol. The van der Waals surface area contributed by atoms with Crippen LogP contribution in [0, 0.1) is 5.41 Å². The van der Waals surface area contributed by atoms with Crippen molar-refractivity contribution < 1.29 is 18.0 Å². The van der Waals surface area contributed by atoms with Gasteiger partial charge in [-0.1, -0.05) is 6.07 Å². The van der Waals surface area contributed by atoms with E-state index >= 15 is 0 Å². The minimum Gasteiger partial charge on any atom is -0.326 e. The van der Waals surface area contributed by atoms with Crippen molar-refractivity contribution in [2.45, 2.75) is 50.2 Å². The molecular formula is C16H19F3N2O. The molecule has 1 aromatic carbocycles. The normalized spacial score (nSPS) is 31.1. The predicted molar refractivity (Wildman–Crippen MR) is 77.1 cm³/mol. The number of alkyl halides is 3. The average molecular weight is 312 g/mol. The Kier molecular flexibility index (Phi) is 3.47. The van der Waals surface area contributed by atoms with E-state index in [2.05, 4.69) is 5.32 Å². The highest BCUT2D eigenvalue weighted by Crippen LogP contribution is 2.51. The second-order valence-electron chi connectivity index (χ2n) is 6.68. The van der Waals surface area contributed by atoms with Crippen molar-refractivity contribution in [3.8, 4) is 0 Å². The highest BCUT2D eigenvalue weighted by Gasteiger charge is 2.50. The molecule has 0 aromatic heterocycles. The summed E-state index contributed by atoms with van der Waals surface area (Å²) in [7, 11) is 0. The molecule has 0 saturated heterocycles. The molecule has 1 amide bonds. The van der Waals surface area contributed by atoms with E-state index in [0.717, 1.165) is 31.4 Å². The highest BCUT2D eigenvalue weighted by atomic mass is 19.4. The second-order valence-corrected chi connectivity index (χ2v) is 6.68. The molecule has 3 fully saturated rings. The summed E-state index contributed by atoms with van der Waals surface area (Å²) in [6, 6.07) is 4.77. The summed E-state index contributed by atoms with van der Waals surface area (Å²) in [5.74, 6) is -0.173. The fourth-order valence-corrected chi connectivity index (χ4v) is 3.59. The van der Waals surface area contributed by atoms with Crippen LogP contribution in [0.2, 0.25) is 0 Å². The molecule has 2 bridgehead atoms. The number of fused-ring (bicyclic) bond motifs is 3. The number of carbonyl (C=O) groups is 1. The van der Waals surface area contributed by atoms with E-state index in [1.54, 1.807) is 0 Å². The van der Waals surface area contributed by atoms with Crippen molar-refractivity contribution in [2.75, 3.05) is 5.32 Å². The summed E-state index contributed by atoms with van der Waals surface area (Å²) >= 11 is 0. The van der Waals surface area contributed by atoms with E-state index in [9.17, 15) is 18.0 Å². The minimum atomic E-state index is -4.41. The Morgan fingerprint density at radius 1 is 1.09 bits per heavy atom. The monoisotopic (exact) mass is 312 g/mol. The summed E-state index contributed by atoms with van der Waals surface area (Å²) in [5.41, 5.74) is 5.06. The zero-order valence-electron chi connectivity index (χ0n) is 12.2. The first kappa shape index (κ1) is 15.3. The van der Waals surface area contributed by atoms with Crippen molar-refractivity contribution in [3.63, 3.8) is 0 Å². The summed E-state index contributed by atoms with van der Waals surface area (Å²) in [4.78, 5) is 12.6. The van der Waals surface area contributed by atoms with Crippen LogP contribution in [0.4, 0.5) is 18.9 Å². The third-order valence-corrected chi connectivity index (χ3v) is 5.23. The number of halogens is 3. The maximum Gasteiger partial charge on any atom is 0.416 e. The van der Waals surface area contributed by atoms with E-state index in [-0.39, 0.29) is 17.1 Å². The van der Waals surface area contributed by atoms with Gasteiger partial charge in [0.15, 0.2) is 0 Å². The van der Waals surface area contributed by atoms with Crippen LogP contribution >= 0.6 is 0 Å². The molecule has 0 atom stereocenters. The number of nitrogens with two attached hydrogens (primary N) is 1. The lowest BCUT2D eigenvalue weighted by Gasteiger charge is -2.50. The van der Waals surface area contributed by atoms with Crippen LogP contribution in [-0.2, 0) is 11.0 Å². The van der Waals surface area contributed by atoms with Gasteiger partial charge in [0.1, 0.15) is 0 Å². The maximum absolute atomic E-state index is 12.7. The van der Waals surface area contributed by atoms with Gasteiger partial charge in [-0.15, -0.1) is 0 Å². The zero-order valence-corrected chi connectivity index (χ0v) is 12.2. The number of nitrogens with one attached hydrogen (secondary N) is 1. The Morgan fingerprint density at radius 2 is 1.68 bits per heavy atom. The topological polar surface area (TPSA) is 55.1 Å². The molecule has 6 heteroatoms. The lowest BCUT2D eigenvalue weighted by molar-refractivity contribution is -0.137. The third kappa shape index (κ3) is 2.72. The van der Waals surface area contributed by atoms with Crippen LogP contribution in [0.1, 0.15) is 44.1 Å². The summed E-state index contributed by atoms with van der Waals surface area (Å²) < 4.78 is 38.2. The first-order chi connectivity index (χ1) is 10.2. The van der Waals surface area contributed by atoms with E-state index in [0.29, 0.717) is 19.3 Å². The predicted octanol–water partition coefficient (Wildman–Crippen LogP) is 3.70. The fraction of sp³-hybridized carbons (Fsp3) is 0.562. The van der Waals surface area contributed by atoms with Gasteiger partial charge in [-0.05, 0) is 56.7 Å². The minimum absolute atomic E-state index is 0.141. The van der Waals surface area contributed by atoms with E-state index < -0.39 is 17.2 Å². The van der Waals surface area contributed by atoms with Gasteiger partial charge in [0.25, 0.3) is 0 Å². The van der Waals surface area contributed by atoms with E-state index in [4.69, 9.17) is 5.73 Å². The number of hydrogen-bond acceptors (Lipinski definition) is 2. The van der Waals surface area contributed by atoms with Crippen molar-refractivity contribution in [1.82, 2.24) is 0 Å². The largest absolute Gasteiger partial charge is 0.416 e. The average Bonchev–Trinajstić information content (AvgIpc) is 2.48. The van der Waals surface area contributed by atoms with Gasteiger partial charge >= 0.3 is 6.18 Å². The third-order valence-electron chi connectivity index (χ3n) is 5.23. The Hall–Kier alpha value is -1.56. The van der Waals surface area contributed by atoms with Crippen molar-refractivity contribution >= 4 is 11.6 Å². The van der Waals surface area contributed by atoms with Crippen molar-refractivity contribution in [2.24, 2.45) is 11.1 Å². The maximum atomic E-state index is 12.7. The molecule has 4 rings (SSSR count). The number of rotatable bonds is 2. The SMILES string of the molecule is NC12CCC(C(=O)Nc3cccc(C(F)(F)F)c3)(CC1)CC2. The molecule has 0 unspecified atom stereocenters. The molecule has 3 nitrogen and oxygen atoms in total. The van der Waals surface area contributed by atoms with Gasteiger partial charge in [-0.2, -0.15) is 13.2 Å². The lowest BCUT2D eigenvalue weighted by atomic mass is 9.57. The van der Waals surface area contributed by atoms with Crippen LogP contribution < -0.4 is 11.1 Å². The van der Waals surface area contributed by atoms with E-state index in [1.807, 2.05) is 0 Å². The standard InChI is InChI=1S/C16H19F3N2O/c17-16(18,19)11-2-1-3-12(10-11)21-13(22)14-4-7-15(20,8-5-14)9-6-14/h1-3,10H,4-9,20H2,(H,21,22). The van der Waals surface area contributed by atoms with Gasteiger partial charge in [-0.3, -0.25) is 4.79 Å². The Bertz CT molecular complexity index is 573. The van der Waals surface area contributed by atoms with Gasteiger partial charge in [0, 0.05) is 16.6 Å². The smallest absolute Gasteiger partial charge is 0.326 e. The Balaban J connectivity index is 1.75. The highest BCUT2D eigenvalue weighted by molar-refractivity contribution is 5.95. The number of carbonyl (C=O) groups excluding carboxylic acids is 1. The molecule has 22 heavy (non-hydrogen) atoms. The Morgan fingerprint density at radius 3 is 2.23 bits per heavy atom. The van der Waals surface area contributed by atoms with Gasteiger partial charge in [0.2, 0.25) is 5.91 Å². The fourth-order valence-electron chi connectivity index (χ4n) is 3.59. The van der Waals surface area contributed by atoms with Crippen molar-refractivity contribution in [3.05, 3.63) is 29.8 Å². The molecule has 3 aliphatic rings. The number of anilines is 1. The molecule has 0 heterocycles. The van der Waals surface area contributed by atoms with Gasteiger partial charge in [0.05, 0.1) is 5.56 Å². The first-order valence-electron chi connectivity index (χ1n) is 7.50. The number of benzene rings is 1. The Labute approximate surface area is 127 Å². The number of amides is 1. The molecule has 120 valence electrons. The van der Waals surface area contributed by atoms with Crippen molar-refractivity contribution in [1.29, 1.82) is 0 Å². The number of hydrogen-bond donors (Lipinski definition) is 2. The molecule has 0 aliphatic heterocycles. The zero-order chi connectivity index (χ0) is 16.0. The summed E-state index contributed by atoms with van der Waals surface area (Å²) in [6.07, 6.45) is 0.166. The van der Waals surface area contributed by atoms with Gasteiger partial charge < -0.3 is 11.1 Å². The molecule has 0 radical (unpaired) electrons. The van der Waals surface area contributed by atoms with Crippen LogP contribution in [0.3, 0.4) is 0 Å². The van der Waals surface area contributed by atoms with E-state index in [1.165, 1.54) is 12.1 Å². The quantitative estimate of drug-likeness (QED) is 0.875. The molecule has 1 aromatic rings. The van der Waals surface area contributed by atoms with Crippen LogP contribution in [0.25, 0.3) is 0 Å². The molecule has 0 spiro atoms. The van der Waals surface area contributed by atoms with Crippen LogP contribution in [0.5, 0.6) is 0 Å². The van der Waals surface area contributed by atoms with Crippen LogP contribution in [-0.4, -0.2) is 11.4 Å². The van der Waals surface area contributed by atoms with Crippen LogP contribution in [0.15, 0.2) is 24.3 Å². The first-order valence-corrected chi connectivity index (χ1v) is 7.50. The molecule has 3 saturated carbocycles. The molecule has 3 N–H and O–H groups in total. The lowest BCUT2D eigenvalue weighted by Crippen LogP contribution is -2.55. The second kappa shape index (κ2) is 4.98. The summed E-state index contributed by atoms with van der Waals surface area (Å²) in [5, 5.41) is 2.67.